The molecule has 0 aliphatic rings. The molecule has 0 unspecified atom stereocenters. The van der Waals surface area contributed by atoms with Crippen molar-refractivity contribution in [3.05, 3.63) is 63.2 Å². The van der Waals surface area contributed by atoms with Gasteiger partial charge in [0.1, 0.15) is 11.6 Å². The van der Waals surface area contributed by atoms with Crippen LogP contribution in [0.25, 0.3) is 0 Å². The number of nitro groups is 1. The van der Waals surface area contributed by atoms with Crippen LogP contribution in [0.3, 0.4) is 0 Å². The highest BCUT2D eigenvalue weighted by molar-refractivity contribution is 5.97. The highest BCUT2D eigenvalue weighted by atomic mass is 16.6. The number of hydrogen-bond acceptors (Lipinski definition) is 4. The lowest BCUT2D eigenvalue weighted by Crippen LogP contribution is -2.12. The quantitative estimate of drug-likeness (QED) is 0.389. The summed E-state index contributed by atoms with van der Waals surface area (Å²) >= 11 is 0. The van der Waals surface area contributed by atoms with Crippen molar-refractivity contribution in [2.24, 2.45) is 5.73 Å². The Morgan fingerprint density at radius 1 is 1.14 bits per heavy atom. The van der Waals surface area contributed by atoms with E-state index in [0.717, 1.165) is 11.1 Å². The zero-order valence-electron chi connectivity index (χ0n) is 11.7. The lowest BCUT2D eigenvalue weighted by molar-refractivity contribution is -0.385. The third-order valence-corrected chi connectivity index (χ3v) is 2.96. The van der Waals surface area contributed by atoms with Gasteiger partial charge in [-0.3, -0.25) is 15.5 Å². The van der Waals surface area contributed by atoms with Gasteiger partial charge in [0.15, 0.2) is 0 Å². The third-order valence-electron chi connectivity index (χ3n) is 2.96. The van der Waals surface area contributed by atoms with Gasteiger partial charge in [0.2, 0.25) is 5.75 Å². The van der Waals surface area contributed by atoms with Gasteiger partial charge in [-0.05, 0) is 37.6 Å². The summed E-state index contributed by atoms with van der Waals surface area (Å²) in [5.41, 5.74) is 7.51. The van der Waals surface area contributed by atoms with E-state index in [4.69, 9.17) is 15.9 Å². The number of rotatable bonds is 4. The Hall–Kier alpha value is -2.89. The highest BCUT2D eigenvalue weighted by Crippen LogP contribution is 2.33. The van der Waals surface area contributed by atoms with Crippen LogP contribution in [0.4, 0.5) is 5.69 Å². The van der Waals surface area contributed by atoms with Crippen LogP contribution in [0.2, 0.25) is 0 Å². The van der Waals surface area contributed by atoms with E-state index in [-0.39, 0.29) is 17.3 Å². The second-order valence-electron chi connectivity index (χ2n) is 4.74. The number of nitrogens with zero attached hydrogens (tertiary/aromatic N) is 1. The van der Waals surface area contributed by atoms with Crippen LogP contribution < -0.4 is 10.5 Å². The van der Waals surface area contributed by atoms with E-state index in [1.807, 2.05) is 6.92 Å². The lowest BCUT2D eigenvalue weighted by atomic mass is 10.1. The van der Waals surface area contributed by atoms with Crippen LogP contribution >= 0.6 is 0 Å². The molecule has 6 heteroatoms. The van der Waals surface area contributed by atoms with E-state index in [1.54, 1.807) is 31.2 Å². The fourth-order valence-electron chi connectivity index (χ4n) is 1.92. The lowest BCUT2D eigenvalue weighted by Gasteiger charge is -2.11. The molecule has 0 aliphatic heterocycles. The maximum atomic E-state index is 11.1. The van der Waals surface area contributed by atoms with Gasteiger partial charge in [-0.25, -0.2) is 0 Å². The number of benzene rings is 2. The van der Waals surface area contributed by atoms with Gasteiger partial charge in [0.05, 0.1) is 10.5 Å². The van der Waals surface area contributed by atoms with Crippen LogP contribution in [0.1, 0.15) is 16.7 Å². The SMILES string of the molecule is Cc1ccc(Oc2ccc(C)cc2[N+](=O)[O-])c(C(=N)N)c1. The minimum atomic E-state index is -0.496. The fourth-order valence-corrected chi connectivity index (χ4v) is 1.92. The van der Waals surface area contributed by atoms with Crippen molar-refractivity contribution in [1.82, 2.24) is 0 Å². The van der Waals surface area contributed by atoms with Gasteiger partial charge in [-0.1, -0.05) is 17.7 Å². The Kier molecular flexibility index (Phi) is 3.89. The summed E-state index contributed by atoms with van der Waals surface area (Å²) in [5, 5.41) is 18.7. The Bertz CT molecular complexity index is 665. The van der Waals surface area contributed by atoms with Gasteiger partial charge < -0.3 is 10.5 Å². The Morgan fingerprint density at radius 2 is 1.71 bits per heavy atom. The van der Waals surface area contributed by atoms with Gasteiger partial charge in [-0.15, -0.1) is 0 Å². The molecule has 0 heterocycles. The van der Waals surface area contributed by atoms with Crippen molar-refractivity contribution in [1.29, 1.82) is 5.41 Å². The average Bonchev–Trinajstić information content (AvgIpc) is 2.42. The first-order valence-electron chi connectivity index (χ1n) is 6.26. The predicted molar refractivity (Wildman–Crippen MR) is 80.1 cm³/mol. The smallest absolute Gasteiger partial charge is 0.311 e. The molecule has 3 N–H and O–H groups in total. The Labute approximate surface area is 121 Å². The van der Waals surface area contributed by atoms with E-state index >= 15 is 0 Å². The number of nitrogens with two attached hydrogens (primary N) is 1. The normalized spacial score (nSPS) is 10.2. The number of nitrogens with one attached hydrogen (secondary N) is 1. The molecule has 2 rings (SSSR count). The van der Waals surface area contributed by atoms with Crippen LogP contribution in [-0.2, 0) is 0 Å². The zero-order chi connectivity index (χ0) is 15.6. The van der Waals surface area contributed by atoms with E-state index < -0.39 is 4.92 Å². The van der Waals surface area contributed by atoms with E-state index in [9.17, 15) is 10.1 Å². The minimum Gasteiger partial charge on any atom is -0.449 e. The summed E-state index contributed by atoms with van der Waals surface area (Å²) in [4.78, 5) is 10.6. The molecule has 0 spiro atoms. The summed E-state index contributed by atoms with van der Waals surface area (Å²) in [5.74, 6) is 0.292. The van der Waals surface area contributed by atoms with Gasteiger partial charge >= 0.3 is 5.69 Å². The highest BCUT2D eigenvalue weighted by Gasteiger charge is 2.17. The minimum absolute atomic E-state index is 0.120. The van der Waals surface area contributed by atoms with Crippen LogP contribution in [0, 0.1) is 29.4 Å². The standard InChI is InChI=1S/C15H15N3O3/c1-9-3-5-13(11(7-9)15(16)17)21-14-6-4-10(2)8-12(14)18(19)20/h3-8H,1-2H3,(H3,16,17). The van der Waals surface area contributed by atoms with E-state index in [0.29, 0.717) is 11.3 Å². The molecule has 2 aromatic carbocycles. The average molecular weight is 285 g/mol. The summed E-state index contributed by atoms with van der Waals surface area (Å²) < 4.78 is 5.61. The summed E-state index contributed by atoms with van der Waals surface area (Å²) in [6.45, 7) is 3.63. The molecule has 0 bridgehead atoms. The first kappa shape index (κ1) is 14.5. The molecular weight excluding hydrogens is 270 g/mol. The van der Waals surface area contributed by atoms with E-state index in [2.05, 4.69) is 0 Å². The largest absolute Gasteiger partial charge is 0.449 e. The molecule has 0 aliphatic carbocycles. The molecule has 21 heavy (non-hydrogen) atoms. The first-order valence-corrected chi connectivity index (χ1v) is 6.26. The van der Waals surface area contributed by atoms with Crippen LogP contribution in [0.5, 0.6) is 11.5 Å². The molecule has 0 amide bonds. The maximum Gasteiger partial charge on any atom is 0.311 e. The number of aryl methyl sites for hydroxylation is 2. The van der Waals surface area contributed by atoms with Gasteiger partial charge in [0, 0.05) is 6.07 Å². The second-order valence-corrected chi connectivity index (χ2v) is 4.74. The zero-order valence-corrected chi connectivity index (χ0v) is 11.7. The van der Waals surface area contributed by atoms with Gasteiger partial charge in [-0.2, -0.15) is 0 Å². The number of nitro benzene ring substituents is 1. The van der Waals surface area contributed by atoms with E-state index in [1.165, 1.54) is 12.1 Å². The first-order chi connectivity index (χ1) is 9.88. The van der Waals surface area contributed by atoms with Crippen molar-refractivity contribution in [2.45, 2.75) is 13.8 Å². The molecule has 0 fully saturated rings. The molecule has 0 atom stereocenters. The maximum absolute atomic E-state index is 11.1. The number of nitrogen functional groups attached to an aromatic ring is 1. The molecule has 0 saturated heterocycles. The summed E-state index contributed by atoms with van der Waals surface area (Å²) in [7, 11) is 0. The third kappa shape index (κ3) is 3.17. The van der Waals surface area contributed by atoms with Crippen molar-refractivity contribution in [3.63, 3.8) is 0 Å². The molecule has 108 valence electrons. The molecule has 0 aromatic heterocycles. The topological polar surface area (TPSA) is 102 Å². The molecule has 6 nitrogen and oxygen atoms in total. The Balaban J connectivity index is 2.48. The fraction of sp³-hybridized carbons (Fsp3) is 0.133. The summed E-state index contributed by atoms with van der Waals surface area (Å²) in [6.07, 6.45) is 0. The number of amidine groups is 1. The number of ether oxygens (including phenoxy) is 1. The summed E-state index contributed by atoms with van der Waals surface area (Å²) in [6, 6.07) is 9.85. The van der Waals surface area contributed by atoms with Crippen molar-refractivity contribution >= 4 is 11.5 Å². The van der Waals surface area contributed by atoms with Crippen molar-refractivity contribution in [3.8, 4) is 11.5 Å². The van der Waals surface area contributed by atoms with Gasteiger partial charge in [0.25, 0.3) is 0 Å². The molecule has 2 aromatic rings. The second kappa shape index (κ2) is 5.62. The van der Waals surface area contributed by atoms with Crippen LogP contribution in [0.15, 0.2) is 36.4 Å². The monoisotopic (exact) mass is 285 g/mol. The predicted octanol–water partition coefficient (Wildman–Crippen LogP) is 3.29. The van der Waals surface area contributed by atoms with Crippen LogP contribution in [-0.4, -0.2) is 10.8 Å². The van der Waals surface area contributed by atoms with Crippen molar-refractivity contribution in [2.75, 3.05) is 0 Å². The van der Waals surface area contributed by atoms with Crippen molar-refractivity contribution < 1.29 is 9.66 Å². The molecule has 0 saturated carbocycles. The molecular formula is C15H15N3O3. The Morgan fingerprint density at radius 3 is 2.29 bits per heavy atom. The molecule has 0 radical (unpaired) electrons. The number of hydrogen-bond donors (Lipinski definition) is 2.